The maximum Gasteiger partial charge on any atom is 0.221 e. The highest BCUT2D eigenvalue weighted by Crippen LogP contribution is 2.29. The second-order valence-electron chi connectivity index (χ2n) is 6.24. The standard InChI is InChI=1S/C17H22ClN5O/c1-13-2-3-15(18)8-16(13)22-6-4-14(10-22)9-20-17(24)5-7-23-12-19-11-21-23/h2-3,8,11-12,14H,4-7,9-10H2,1H3,(H,20,24). The second kappa shape index (κ2) is 7.66. The first-order valence-electron chi connectivity index (χ1n) is 8.22. The van der Waals surface area contributed by atoms with Crippen molar-refractivity contribution in [3.05, 3.63) is 41.4 Å². The van der Waals surface area contributed by atoms with Crippen LogP contribution < -0.4 is 10.2 Å². The fourth-order valence-corrected chi connectivity index (χ4v) is 3.22. The lowest BCUT2D eigenvalue weighted by atomic mass is 10.1. The molecule has 1 aliphatic heterocycles. The van der Waals surface area contributed by atoms with E-state index in [1.807, 2.05) is 12.1 Å². The van der Waals surface area contributed by atoms with Gasteiger partial charge < -0.3 is 10.2 Å². The Kier molecular flexibility index (Phi) is 5.35. The zero-order valence-electron chi connectivity index (χ0n) is 13.8. The van der Waals surface area contributed by atoms with Crippen molar-refractivity contribution in [1.82, 2.24) is 20.1 Å². The number of hydrogen-bond donors (Lipinski definition) is 1. The summed E-state index contributed by atoms with van der Waals surface area (Å²) in [7, 11) is 0. The summed E-state index contributed by atoms with van der Waals surface area (Å²) in [6.07, 6.45) is 4.60. The monoisotopic (exact) mass is 347 g/mol. The Morgan fingerprint density at radius 3 is 3.12 bits per heavy atom. The molecule has 1 aliphatic rings. The molecule has 0 radical (unpaired) electrons. The average molecular weight is 348 g/mol. The molecule has 1 amide bonds. The van der Waals surface area contributed by atoms with Crippen LogP contribution in [-0.2, 0) is 11.3 Å². The molecule has 0 spiro atoms. The van der Waals surface area contributed by atoms with Gasteiger partial charge in [0.1, 0.15) is 12.7 Å². The number of halogens is 1. The van der Waals surface area contributed by atoms with Crippen molar-refractivity contribution in [2.75, 3.05) is 24.5 Å². The third kappa shape index (κ3) is 4.26. The predicted molar refractivity (Wildman–Crippen MR) is 94.2 cm³/mol. The molecule has 1 saturated heterocycles. The number of aryl methyl sites for hydroxylation is 2. The zero-order chi connectivity index (χ0) is 16.9. The van der Waals surface area contributed by atoms with E-state index in [-0.39, 0.29) is 5.91 Å². The Morgan fingerprint density at radius 1 is 1.46 bits per heavy atom. The summed E-state index contributed by atoms with van der Waals surface area (Å²) in [5.74, 6) is 0.529. The number of aromatic nitrogens is 3. The molecule has 24 heavy (non-hydrogen) atoms. The summed E-state index contributed by atoms with van der Waals surface area (Å²) < 4.78 is 1.67. The van der Waals surface area contributed by atoms with E-state index in [1.54, 1.807) is 11.0 Å². The van der Waals surface area contributed by atoms with Gasteiger partial charge >= 0.3 is 0 Å². The first-order valence-corrected chi connectivity index (χ1v) is 8.60. The van der Waals surface area contributed by atoms with E-state index >= 15 is 0 Å². The van der Waals surface area contributed by atoms with Crippen LogP contribution in [0.4, 0.5) is 5.69 Å². The van der Waals surface area contributed by atoms with E-state index in [0.717, 1.165) is 24.5 Å². The molecule has 0 aliphatic carbocycles. The average Bonchev–Trinajstić information content (AvgIpc) is 3.24. The van der Waals surface area contributed by atoms with Crippen molar-refractivity contribution >= 4 is 23.2 Å². The van der Waals surface area contributed by atoms with Gasteiger partial charge in [-0.2, -0.15) is 5.10 Å². The highest BCUT2D eigenvalue weighted by molar-refractivity contribution is 6.30. The number of carbonyl (C=O) groups is 1. The van der Waals surface area contributed by atoms with Gasteiger partial charge in [-0.05, 0) is 37.0 Å². The molecule has 1 unspecified atom stereocenters. The van der Waals surface area contributed by atoms with Crippen LogP contribution in [0, 0.1) is 12.8 Å². The third-order valence-electron chi connectivity index (χ3n) is 4.42. The molecular formula is C17H22ClN5O. The molecule has 0 bridgehead atoms. The zero-order valence-corrected chi connectivity index (χ0v) is 14.5. The van der Waals surface area contributed by atoms with Gasteiger partial charge in [0.2, 0.25) is 5.91 Å². The van der Waals surface area contributed by atoms with Gasteiger partial charge in [0, 0.05) is 36.8 Å². The van der Waals surface area contributed by atoms with Crippen molar-refractivity contribution in [2.24, 2.45) is 5.92 Å². The molecule has 1 fully saturated rings. The fraction of sp³-hybridized carbons (Fsp3) is 0.471. The molecule has 1 aromatic heterocycles. The maximum atomic E-state index is 11.9. The minimum absolute atomic E-state index is 0.0582. The van der Waals surface area contributed by atoms with Gasteiger partial charge in [0.05, 0.1) is 6.54 Å². The largest absolute Gasteiger partial charge is 0.371 e. The molecule has 6 nitrogen and oxygen atoms in total. The van der Waals surface area contributed by atoms with Gasteiger partial charge in [-0.3, -0.25) is 9.48 Å². The maximum absolute atomic E-state index is 11.9. The van der Waals surface area contributed by atoms with E-state index in [0.29, 0.717) is 25.4 Å². The molecule has 2 aromatic rings. The smallest absolute Gasteiger partial charge is 0.221 e. The Hall–Kier alpha value is -2.08. The topological polar surface area (TPSA) is 63.1 Å². The minimum Gasteiger partial charge on any atom is -0.371 e. The third-order valence-corrected chi connectivity index (χ3v) is 4.66. The van der Waals surface area contributed by atoms with Crippen LogP contribution in [0.1, 0.15) is 18.4 Å². The van der Waals surface area contributed by atoms with Crippen molar-refractivity contribution in [1.29, 1.82) is 0 Å². The quantitative estimate of drug-likeness (QED) is 0.870. The van der Waals surface area contributed by atoms with Crippen molar-refractivity contribution in [3.8, 4) is 0 Å². The van der Waals surface area contributed by atoms with Gasteiger partial charge in [0.25, 0.3) is 0 Å². The Labute approximate surface area is 146 Å². The SMILES string of the molecule is Cc1ccc(Cl)cc1N1CCC(CNC(=O)CCn2cncn2)C1. The minimum atomic E-state index is 0.0582. The first-order chi connectivity index (χ1) is 11.6. The number of benzene rings is 1. The number of amides is 1. The summed E-state index contributed by atoms with van der Waals surface area (Å²) in [5.41, 5.74) is 2.43. The summed E-state index contributed by atoms with van der Waals surface area (Å²) >= 11 is 6.12. The molecule has 1 N–H and O–H groups in total. The molecule has 1 aromatic carbocycles. The Balaban J connectivity index is 1.44. The summed E-state index contributed by atoms with van der Waals surface area (Å²) in [5, 5.41) is 7.79. The Bertz CT molecular complexity index is 688. The van der Waals surface area contributed by atoms with E-state index in [1.165, 1.54) is 17.6 Å². The summed E-state index contributed by atoms with van der Waals surface area (Å²) in [4.78, 5) is 18.2. The molecule has 7 heteroatoms. The first kappa shape index (κ1) is 16.8. The van der Waals surface area contributed by atoms with Crippen LogP contribution in [0.3, 0.4) is 0 Å². The number of anilines is 1. The van der Waals surface area contributed by atoms with Gasteiger partial charge in [-0.1, -0.05) is 17.7 Å². The lowest BCUT2D eigenvalue weighted by molar-refractivity contribution is -0.121. The van der Waals surface area contributed by atoms with Crippen LogP contribution >= 0.6 is 11.6 Å². The van der Waals surface area contributed by atoms with Gasteiger partial charge in [-0.15, -0.1) is 0 Å². The number of hydrogen-bond acceptors (Lipinski definition) is 4. The van der Waals surface area contributed by atoms with Crippen LogP contribution in [0.25, 0.3) is 0 Å². The fourth-order valence-electron chi connectivity index (χ4n) is 3.05. The predicted octanol–water partition coefficient (Wildman–Crippen LogP) is 2.27. The van der Waals surface area contributed by atoms with E-state index in [9.17, 15) is 4.79 Å². The lowest BCUT2D eigenvalue weighted by Gasteiger charge is -2.21. The van der Waals surface area contributed by atoms with Crippen LogP contribution in [0.15, 0.2) is 30.9 Å². The van der Waals surface area contributed by atoms with Crippen LogP contribution in [0.5, 0.6) is 0 Å². The number of nitrogens with one attached hydrogen (secondary N) is 1. The van der Waals surface area contributed by atoms with E-state index in [2.05, 4.69) is 33.3 Å². The normalized spacial score (nSPS) is 17.2. The van der Waals surface area contributed by atoms with E-state index in [4.69, 9.17) is 11.6 Å². The van der Waals surface area contributed by atoms with Crippen molar-refractivity contribution < 1.29 is 4.79 Å². The van der Waals surface area contributed by atoms with Crippen molar-refractivity contribution in [3.63, 3.8) is 0 Å². The van der Waals surface area contributed by atoms with Gasteiger partial charge in [-0.25, -0.2) is 4.98 Å². The summed E-state index contributed by atoms with van der Waals surface area (Å²) in [6, 6.07) is 6.00. The summed E-state index contributed by atoms with van der Waals surface area (Å²) in [6.45, 7) is 5.33. The number of nitrogens with zero attached hydrogens (tertiary/aromatic N) is 4. The molecule has 2 heterocycles. The second-order valence-corrected chi connectivity index (χ2v) is 6.68. The van der Waals surface area contributed by atoms with E-state index < -0.39 is 0 Å². The van der Waals surface area contributed by atoms with Crippen LogP contribution in [0.2, 0.25) is 5.02 Å². The Morgan fingerprint density at radius 2 is 2.33 bits per heavy atom. The highest BCUT2D eigenvalue weighted by Gasteiger charge is 2.24. The number of carbonyl (C=O) groups excluding carboxylic acids is 1. The highest BCUT2D eigenvalue weighted by atomic mass is 35.5. The molecule has 3 rings (SSSR count). The molecule has 0 saturated carbocycles. The van der Waals surface area contributed by atoms with Crippen molar-refractivity contribution in [2.45, 2.75) is 26.3 Å². The lowest BCUT2D eigenvalue weighted by Crippen LogP contribution is -2.31. The molecular weight excluding hydrogens is 326 g/mol. The van der Waals surface area contributed by atoms with Crippen LogP contribution in [-0.4, -0.2) is 40.3 Å². The molecule has 128 valence electrons. The number of rotatable bonds is 6. The van der Waals surface area contributed by atoms with Gasteiger partial charge in [0.15, 0.2) is 0 Å². The molecule has 1 atom stereocenters.